The predicted octanol–water partition coefficient (Wildman–Crippen LogP) is 1.95. The van der Waals surface area contributed by atoms with Crippen molar-refractivity contribution in [3.63, 3.8) is 0 Å². The third-order valence-electron chi connectivity index (χ3n) is 2.56. The smallest absolute Gasteiger partial charge is 0.213 e. The highest BCUT2D eigenvalue weighted by Crippen LogP contribution is 2.07. The average molecular weight is 264 g/mol. The van der Waals surface area contributed by atoms with Crippen LogP contribution < -0.4 is 15.4 Å². The van der Waals surface area contributed by atoms with Gasteiger partial charge in [0, 0.05) is 19.2 Å². The van der Waals surface area contributed by atoms with E-state index >= 15 is 0 Å². The van der Waals surface area contributed by atoms with Crippen molar-refractivity contribution in [1.29, 1.82) is 0 Å². The summed E-state index contributed by atoms with van der Waals surface area (Å²) in [6, 6.07) is 5.70. The monoisotopic (exact) mass is 264 g/mol. The minimum atomic E-state index is 0.540. The Morgan fingerprint density at radius 1 is 1.32 bits per heavy atom. The number of unbranched alkanes of at least 4 members (excludes halogenated alkanes) is 1. The SMILES string of the molecule is CCCCNC(=NCc1cccc(OC)n1)NCC. The maximum absolute atomic E-state index is 5.10. The summed E-state index contributed by atoms with van der Waals surface area (Å²) in [4.78, 5) is 8.84. The van der Waals surface area contributed by atoms with Gasteiger partial charge in [0.2, 0.25) is 5.88 Å². The molecule has 0 aromatic carbocycles. The fraction of sp³-hybridized carbons (Fsp3) is 0.571. The van der Waals surface area contributed by atoms with E-state index in [-0.39, 0.29) is 0 Å². The molecular weight excluding hydrogens is 240 g/mol. The van der Waals surface area contributed by atoms with E-state index in [1.54, 1.807) is 7.11 Å². The molecule has 0 atom stereocenters. The van der Waals surface area contributed by atoms with Gasteiger partial charge in [-0.3, -0.25) is 0 Å². The molecule has 1 rings (SSSR count). The van der Waals surface area contributed by atoms with Crippen LogP contribution in [0, 0.1) is 0 Å². The van der Waals surface area contributed by atoms with Gasteiger partial charge in [-0.05, 0) is 19.4 Å². The molecule has 0 fully saturated rings. The average Bonchev–Trinajstić information content (AvgIpc) is 2.45. The Labute approximate surface area is 115 Å². The molecule has 0 aliphatic heterocycles. The minimum Gasteiger partial charge on any atom is -0.481 e. The predicted molar refractivity (Wildman–Crippen MR) is 78.5 cm³/mol. The second-order valence-electron chi connectivity index (χ2n) is 4.15. The lowest BCUT2D eigenvalue weighted by molar-refractivity contribution is 0.396. The molecule has 5 heteroatoms. The second kappa shape index (κ2) is 9.19. The maximum atomic E-state index is 5.10. The Kier molecular flexibility index (Phi) is 7.39. The van der Waals surface area contributed by atoms with E-state index in [1.807, 2.05) is 18.2 Å². The van der Waals surface area contributed by atoms with Crippen molar-refractivity contribution >= 4 is 5.96 Å². The highest BCUT2D eigenvalue weighted by molar-refractivity contribution is 5.79. The summed E-state index contributed by atoms with van der Waals surface area (Å²) in [5, 5.41) is 6.52. The molecule has 19 heavy (non-hydrogen) atoms. The number of nitrogens with one attached hydrogen (secondary N) is 2. The third-order valence-corrected chi connectivity index (χ3v) is 2.56. The van der Waals surface area contributed by atoms with Crippen LogP contribution in [0.1, 0.15) is 32.4 Å². The standard InChI is InChI=1S/C14H24N4O/c1-4-6-10-16-14(15-5-2)17-11-12-8-7-9-13(18-12)19-3/h7-9H,4-6,10-11H2,1-3H3,(H2,15,16,17). The number of hydrogen-bond donors (Lipinski definition) is 2. The van der Waals surface area contributed by atoms with Crippen molar-refractivity contribution in [2.75, 3.05) is 20.2 Å². The second-order valence-corrected chi connectivity index (χ2v) is 4.15. The molecular formula is C14H24N4O. The summed E-state index contributed by atoms with van der Waals surface area (Å²) in [6.45, 7) is 6.56. The van der Waals surface area contributed by atoms with E-state index in [4.69, 9.17) is 4.74 Å². The van der Waals surface area contributed by atoms with E-state index in [0.717, 1.165) is 31.2 Å². The summed E-state index contributed by atoms with van der Waals surface area (Å²) in [7, 11) is 1.62. The molecule has 0 bridgehead atoms. The lowest BCUT2D eigenvalue weighted by atomic mass is 10.3. The van der Waals surface area contributed by atoms with E-state index < -0.39 is 0 Å². The zero-order chi connectivity index (χ0) is 13.9. The van der Waals surface area contributed by atoms with Gasteiger partial charge in [-0.15, -0.1) is 0 Å². The van der Waals surface area contributed by atoms with Crippen molar-refractivity contribution < 1.29 is 4.74 Å². The summed E-state index contributed by atoms with van der Waals surface area (Å²) in [5.74, 6) is 1.46. The molecule has 0 amide bonds. The van der Waals surface area contributed by atoms with Crippen molar-refractivity contribution in [2.24, 2.45) is 4.99 Å². The molecule has 0 aliphatic rings. The van der Waals surface area contributed by atoms with E-state index in [1.165, 1.54) is 6.42 Å². The Hall–Kier alpha value is -1.78. The molecule has 106 valence electrons. The fourth-order valence-electron chi connectivity index (χ4n) is 1.54. The van der Waals surface area contributed by atoms with Gasteiger partial charge < -0.3 is 15.4 Å². The number of nitrogens with zero attached hydrogens (tertiary/aromatic N) is 2. The highest BCUT2D eigenvalue weighted by atomic mass is 16.5. The number of hydrogen-bond acceptors (Lipinski definition) is 3. The number of pyridine rings is 1. The zero-order valence-electron chi connectivity index (χ0n) is 12.1. The largest absolute Gasteiger partial charge is 0.481 e. The summed E-state index contributed by atoms with van der Waals surface area (Å²) >= 11 is 0. The fourth-order valence-corrected chi connectivity index (χ4v) is 1.54. The Balaban J connectivity index is 2.57. The number of methoxy groups -OCH3 is 1. The highest BCUT2D eigenvalue weighted by Gasteiger charge is 1.99. The normalized spacial score (nSPS) is 11.2. The molecule has 1 heterocycles. The number of guanidine groups is 1. The molecule has 0 aliphatic carbocycles. The van der Waals surface area contributed by atoms with Crippen LogP contribution >= 0.6 is 0 Å². The summed E-state index contributed by atoms with van der Waals surface area (Å²) < 4.78 is 5.10. The van der Waals surface area contributed by atoms with Crippen LogP contribution in [0.5, 0.6) is 5.88 Å². The van der Waals surface area contributed by atoms with Crippen LogP contribution in [0.15, 0.2) is 23.2 Å². The quantitative estimate of drug-likeness (QED) is 0.449. The van der Waals surface area contributed by atoms with Crippen molar-refractivity contribution in [3.8, 4) is 5.88 Å². The van der Waals surface area contributed by atoms with E-state index in [0.29, 0.717) is 12.4 Å². The van der Waals surface area contributed by atoms with Crippen molar-refractivity contribution in [3.05, 3.63) is 23.9 Å². The lowest BCUT2D eigenvalue weighted by Crippen LogP contribution is -2.37. The molecule has 1 aromatic rings. The van der Waals surface area contributed by atoms with Gasteiger partial charge in [0.1, 0.15) is 0 Å². The van der Waals surface area contributed by atoms with Crippen molar-refractivity contribution in [2.45, 2.75) is 33.2 Å². The van der Waals surface area contributed by atoms with E-state index in [2.05, 4.69) is 34.5 Å². The minimum absolute atomic E-state index is 0.540. The maximum Gasteiger partial charge on any atom is 0.213 e. The van der Waals surface area contributed by atoms with E-state index in [9.17, 15) is 0 Å². The summed E-state index contributed by atoms with van der Waals surface area (Å²) in [5.41, 5.74) is 0.895. The molecule has 5 nitrogen and oxygen atoms in total. The van der Waals surface area contributed by atoms with Crippen LogP contribution in [0.4, 0.5) is 0 Å². The van der Waals surface area contributed by atoms with Gasteiger partial charge in [-0.25, -0.2) is 9.98 Å². The first kappa shape index (κ1) is 15.3. The van der Waals surface area contributed by atoms with Gasteiger partial charge in [0.15, 0.2) is 5.96 Å². The molecule has 1 aromatic heterocycles. The first-order valence-electron chi connectivity index (χ1n) is 6.82. The first-order valence-corrected chi connectivity index (χ1v) is 6.82. The Morgan fingerprint density at radius 2 is 2.16 bits per heavy atom. The number of ether oxygens (including phenoxy) is 1. The van der Waals surface area contributed by atoms with Gasteiger partial charge in [-0.2, -0.15) is 0 Å². The molecule has 0 saturated heterocycles. The van der Waals surface area contributed by atoms with Gasteiger partial charge in [-0.1, -0.05) is 19.4 Å². The van der Waals surface area contributed by atoms with Crippen LogP contribution in [-0.4, -0.2) is 31.1 Å². The molecule has 2 N–H and O–H groups in total. The number of rotatable bonds is 7. The van der Waals surface area contributed by atoms with Crippen LogP contribution in [0.3, 0.4) is 0 Å². The molecule has 0 saturated carbocycles. The Bertz CT molecular complexity index is 393. The summed E-state index contributed by atoms with van der Waals surface area (Å²) in [6.07, 6.45) is 2.31. The number of aliphatic imine (C=N–C) groups is 1. The number of aromatic nitrogens is 1. The van der Waals surface area contributed by atoms with Gasteiger partial charge >= 0.3 is 0 Å². The molecule has 0 spiro atoms. The topological polar surface area (TPSA) is 58.5 Å². The third kappa shape index (κ3) is 6.08. The van der Waals surface area contributed by atoms with Crippen LogP contribution in [0.2, 0.25) is 0 Å². The van der Waals surface area contributed by atoms with Gasteiger partial charge in [0.05, 0.1) is 19.3 Å². The van der Waals surface area contributed by atoms with Crippen molar-refractivity contribution in [1.82, 2.24) is 15.6 Å². The zero-order valence-corrected chi connectivity index (χ0v) is 12.1. The molecule has 0 unspecified atom stereocenters. The lowest BCUT2D eigenvalue weighted by Gasteiger charge is -2.10. The first-order chi connectivity index (χ1) is 9.30. The van der Waals surface area contributed by atoms with Crippen LogP contribution in [0.25, 0.3) is 0 Å². The van der Waals surface area contributed by atoms with Gasteiger partial charge in [0.25, 0.3) is 0 Å². The Morgan fingerprint density at radius 3 is 2.84 bits per heavy atom. The molecule has 0 radical (unpaired) electrons. The van der Waals surface area contributed by atoms with Crippen LogP contribution in [-0.2, 0) is 6.54 Å².